The number of hydrogen-bond acceptors (Lipinski definition) is 3. The van der Waals surface area contributed by atoms with E-state index in [2.05, 4.69) is 26.2 Å². The lowest BCUT2D eigenvalue weighted by molar-refractivity contribution is -0.119. The lowest BCUT2D eigenvalue weighted by Crippen LogP contribution is -2.36. The van der Waals surface area contributed by atoms with Gasteiger partial charge < -0.3 is 10.2 Å². The van der Waals surface area contributed by atoms with E-state index in [1.807, 2.05) is 13.0 Å². The summed E-state index contributed by atoms with van der Waals surface area (Å²) in [5, 5.41) is 3.33. The molecule has 0 unspecified atom stereocenters. The van der Waals surface area contributed by atoms with Gasteiger partial charge in [-0.05, 0) is 41.3 Å². The third kappa shape index (κ3) is 5.47. The van der Waals surface area contributed by atoms with Gasteiger partial charge in [0.1, 0.15) is 12.4 Å². The first kappa shape index (κ1) is 16.5. The standard InChI is InChI=1S/C14H19BrF3N3/c1-2-5-21(9-14(16,17)18)13-10(6-11(15)8-20-13)7-19-12-3-4-12/h6,8,12,19H,2-5,7,9H2,1H3. The number of hydrogen-bond donors (Lipinski definition) is 1. The molecule has 0 aliphatic heterocycles. The summed E-state index contributed by atoms with van der Waals surface area (Å²) in [5.74, 6) is 0.422. The maximum atomic E-state index is 12.8. The van der Waals surface area contributed by atoms with Crippen LogP contribution in [0.4, 0.5) is 19.0 Å². The molecule has 0 bridgehead atoms. The Kier molecular flexibility index (Phi) is 5.48. The molecule has 1 aliphatic rings. The van der Waals surface area contributed by atoms with E-state index >= 15 is 0 Å². The second-order valence-electron chi connectivity index (χ2n) is 5.33. The molecule has 118 valence electrons. The van der Waals surface area contributed by atoms with Gasteiger partial charge in [-0.1, -0.05) is 6.92 Å². The molecule has 7 heteroatoms. The highest BCUT2D eigenvalue weighted by Gasteiger charge is 2.32. The Bertz CT molecular complexity index is 475. The SMILES string of the molecule is CCCN(CC(F)(F)F)c1ncc(Br)cc1CNC1CC1. The number of nitrogens with one attached hydrogen (secondary N) is 1. The molecule has 2 rings (SSSR count). The topological polar surface area (TPSA) is 28.2 Å². The fourth-order valence-corrected chi connectivity index (χ4v) is 2.56. The number of aromatic nitrogens is 1. The van der Waals surface area contributed by atoms with Crippen LogP contribution in [0.5, 0.6) is 0 Å². The van der Waals surface area contributed by atoms with Crippen molar-refractivity contribution in [1.29, 1.82) is 0 Å². The molecule has 0 atom stereocenters. The van der Waals surface area contributed by atoms with Crippen molar-refractivity contribution >= 4 is 21.7 Å². The zero-order valence-corrected chi connectivity index (χ0v) is 13.5. The molecule has 0 radical (unpaired) electrons. The summed E-state index contributed by atoms with van der Waals surface area (Å²) < 4.78 is 39.0. The Morgan fingerprint density at radius 2 is 2.14 bits per heavy atom. The lowest BCUT2D eigenvalue weighted by Gasteiger charge is -2.26. The van der Waals surface area contributed by atoms with Crippen molar-refractivity contribution in [3.05, 3.63) is 22.3 Å². The van der Waals surface area contributed by atoms with Crippen LogP contribution < -0.4 is 10.2 Å². The van der Waals surface area contributed by atoms with Crippen LogP contribution >= 0.6 is 15.9 Å². The van der Waals surface area contributed by atoms with E-state index in [4.69, 9.17) is 0 Å². The van der Waals surface area contributed by atoms with Crippen LogP contribution in [-0.2, 0) is 6.54 Å². The molecule has 0 aromatic carbocycles. The van der Waals surface area contributed by atoms with Gasteiger partial charge in [0.05, 0.1) is 0 Å². The molecule has 21 heavy (non-hydrogen) atoms. The minimum Gasteiger partial charge on any atom is -0.347 e. The molecule has 1 heterocycles. The van der Waals surface area contributed by atoms with Gasteiger partial charge in [-0.3, -0.25) is 0 Å². The Morgan fingerprint density at radius 3 is 2.71 bits per heavy atom. The number of rotatable bonds is 7. The van der Waals surface area contributed by atoms with E-state index in [1.165, 1.54) is 4.90 Å². The second kappa shape index (κ2) is 6.96. The molecule has 0 amide bonds. The van der Waals surface area contributed by atoms with Crippen LogP contribution in [0.2, 0.25) is 0 Å². The van der Waals surface area contributed by atoms with Crippen LogP contribution in [0.15, 0.2) is 16.7 Å². The van der Waals surface area contributed by atoms with Gasteiger partial charge in [-0.15, -0.1) is 0 Å². The number of pyridine rings is 1. The summed E-state index contributed by atoms with van der Waals surface area (Å²) in [5.41, 5.74) is 0.800. The molecule has 1 saturated carbocycles. The van der Waals surface area contributed by atoms with Crippen molar-refractivity contribution in [1.82, 2.24) is 10.3 Å². The second-order valence-corrected chi connectivity index (χ2v) is 6.24. The third-order valence-electron chi connectivity index (χ3n) is 3.23. The van der Waals surface area contributed by atoms with Gasteiger partial charge >= 0.3 is 6.18 Å². The smallest absolute Gasteiger partial charge is 0.347 e. The van der Waals surface area contributed by atoms with Crippen molar-refractivity contribution in [2.24, 2.45) is 0 Å². The van der Waals surface area contributed by atoms with Crippen molar-refractivity contribution in [2.75, 3.05) is 18.0 Å². The summed E-state index contributed by atoms with van der Waals surface area (Å²) in [4.78, 5) is 5.53. The van der Waals surface area contributed by atoms with E-state index in [0.29, 0.717) is 31.4 Å². The molecule has 3 nitrogen and oxygen atoms in total. The number of halogens is 4. The number of nitrogens with zero attached hydrogens (tertiary/aromatic N) is 2. The van der Waals surface area contributed by atoms with E-state index < -0.39 is 12.7 Å². The molecule has 1 fully saturated rings. The molecule has 1 N–H and O–H groups in total. The van der Waals surface area contributed by atoms with Crippen molar-refractivity contribution in [3.63, 3.8) is 0 Å². The summed E-state index contributed by atoms with van der Waals surface area (Å²) in [6, 6.07) is 2.34. The average Bonchev–Trinajstić information content (AvgIpc) is 3.18. The summed E-state index contributed by atoms with van der Waals surface area (Å²) in [7, 11) is 0. The first-order valence-corrected chi connectivity index (χ1v) is 7.88. The van der Waals surface area contributed by atoms with Gasteiger partial charge in [0.15, 0.2) is 0 Å². The fourth-order valence-electron chi connectivity index (χ4n) is 2.18. The van der Waals surface area contributed by atoms with E-state index in [1.54, 1.807) is 6.20 Å². The van der Waals surface area contributed by atoms with Crippen LogP contribution in [0, 0.1) is 0 Å². The fraction of sp³-hybridized carbons (Fsp3) is 0.643. The summed E-state index contributed by atoms with van der Waals surface area (Å²) in [6.07, 6.45) is 0.236. The zero-order valence-electron chi connectivity index (χ0n) is 11.9. The largest absolute Gasteiger partial charge is 0.405 e. The lowest BCUT2D eigenvalue weighted by atomic mass is 10.2. The predicted molar refractivity (Wildman–Crippen MR) is 80.4 cm³/mol. The summed E-state index contributed by atoms with van der Waals surface area (Å²) >= 11 is 3.34. The first-order chi connectivity index (χ1) is 9.89. The molecular weight excluding hydrogens is 347 g/mol. The quantitative estimate of drug-likeness (QED) is 0.794. The maximum Gasteiger partial charge on any atom is 0.405 e. The predicted octanol–water partition coefficient (Wildman–Crippen LogP) is 3.87. The number of alkyl halides is 3. The Balaban J connectivity index is 2.19. The normalized spacial score (nSPS) is 15.3. The minimum absolute atomic E-state index is 0.338. The number of anilines is 1. The maximum absolute atomic E-state index is 12.8. The Labute approximate surface area is 131 Å². The molecule has 1 aromatic rings. The third-order valence-corrected chi connectivity index (χ3v) is 3.66. The van der Waals surface area contributed by atoms with Crippen LogP contribution in [0.25, 0.3) is 0 Å². The van der Waals surface area contributed by atoms with Gasteiger partial charge in [0.25, 0.3) is 0 Å². The Hall–Kier alpha value is -0.820. The van der Waals surface area contributed by atoms with Crippen molar-refractivity contribution < 1.29 is 13.2 Å². The first-order valence-electron chi connectivity index (χ1n) is 7.08. The highest BCUT2D eigenvalue weighted by atomic mass is 79.9. The van der Waals surface area contributed by atoms with Gasteiger partial charge in [-0.25, -0.2) is 4.98 Å². The molecule has 1 aliphatic carbocycles. The van der Waals surface area contributed by atoms with Crippen LogP contribution in [0.1, 0.15) is 31.7 Å². The monoisotopic (exact) mass is 365 g/mol. The van der Waals surface area contributed by atoms with Crippen molar-refractivity contribution in [2.45, 2.75) is 44.9 Å². The highest BCUT2D eigenvalue weighted by molar-refractivity contribution is 9.10. The summed E-state index contributed by atoms with van der Waals surface area (Å²) in [6.45, 7) is 1.78. The Morgan fingerprint density at radius 1 is 1.43 bits per heavy atom. The van der Waals surface area contributed by atoms with Crippen molar-refractivity contribution in [3.8, 4) is 0 Å². The van der Waals surface area contributed by atoms with Crippen LogP contribution in [0.3, 0.4) is 0 Å². The molecule has 1 aromatic heterocycles. The van der Waals surface area contributed by atoms with E-state index in [0.717, 1.165) is 22.9 Å². The zero-order chi connectivity index (χ0) is 15.5. The molecule has 0 spiro atoms. The highest BCUT2D eigenvalue weighted by Crippen LogP contribution is 2.27. The van der Waals surface area contributed by atoms with Crippen LogP contribution in [-0.4, -0.2) is 30.3 Å². The molecular formula is C14H19BrF3N3. The van der Waals surface area contributed by atoms with E-state index in [-0.39, 0.29) is 0 Å². The van der Waals surface area contributed by atoms with Gasteiger partial charge in [-0.2, -0.15) is 13.2 Å². The average molecular weight is 366 g/mol. The van der Waals surface area contributed by atoms with E-state index in [9.17, 15) is 13.2 Å². The molecule has 0 saturated heterocycles. The van der Waals surface area contributed by atoms with Gasteiger partial charge in [0, 0.05) is 35.4 Å². The van der Waals surface area contributed by atoms with Gasteiger partial charge in [0.2, 0.25) is 0 Å². The minimum atomic E-state index is -4.23.